The van der Waals surface area contributed by atoms with E-state index >= 15 is 0 Å². The lowest BCUT2D eigenvalue weighted by molar-refractivity contribution is -0.115. The predicted molar refractivity (Wildman–Crippen MR) is 111 cm³/mol. The molecule has 0 aliphatic heterocycles. The molecule has 2 N–H and O–H groups in total. The predicted octanol–water partition coefficient (Wildman–Crippen LogP) is 5.06. The van der Waals surface area contributed by atoms with Crippen LogP contribution < -0.4 is 10.1 Å². The van der Waals surface area contributed by atoms with Crippen molar-refractivity contribution in [2.75, 3.05) is 18.2 Å². The summed E-state index contributed by atoms with van der Waals surface area (Å²) in [6.45, 7) is 0. The summed E-state index contributed by atoms with van der Waals surface area (Å²) in [4.78, 5) is 20.1. The first-order chi connectivity index (χ1) is 14.2. The van der Waals surface area contributed by atoms with Crippen LogP contribution in [0.15, 0.2) is 75.0 Å². The van der Waals surface area contributed by atoms with Crippen molar-refractivity contribution in [1.29, 1.82) is 0 Å². The van der Waals surface area contributed by atoms with Crippen molar-refractivity contribution in [2.24, 2.45) is 0 Å². The molecule has 0 saturated carbocycles. The molecule has 1 aromatic carbocycles. The lowest BCUT2D eigenvalue weighted by atomic mass is 10.2. The largest absolute Gasteiger partial charge is 0.497 e. The van der Waals surface area contributed by atoms with Crippen molar-refractivity contribution in [3.8, 4) is 28.7 Å². The van der Waals surface area contributed by atoms with Crippen LogP contribution in [0.4, 0.5) is 5.69 Å². The van der Waals surface area contributed by atoms with Gasteiger partial charge < -0.3 is 23.9 Å². The first kappa shape index (κ1) is 18.9. The molecule has 7 nitrogen and oxygen atoms in total. The molecule has 8 heteroatoms. The van der Waals surface area contributed by atoms with Crippen LogP contribution in [0.1, 0.15) is 6.42 Å². The molecule has 0 fully saturated rings. The molecule has 4 rings (SSSR count). The van der Waals surface area contributed by atoms with Crippen LogP contribution in [0.5, 0.6) is 5.75 Å². The van der Waals surface area contributed by atoms with Crippen LogP contribution in [-0.4, -0.2) is 28.7 Å². The van der Waals surface area contributed by atoms with E-state index in [2.05, 4.69) is 15.3 Å². The van der Waals surface area contributed by atoms with E-state index in [0.717, 1.165) is 17.1 Å². The maximum absolute atomic E-state index is 12.2. The average Bonchev–Trinajstić information content (AvgIpc) is 3.49. The van der Waals surface area contributed by atoms with E-state index in [-0.39, 0.29) is 5.91 Å². The van der Waals surface area contributed by atoms with E-state index in [4.69, 9.17) is 13.6 Å². The zero-order valence-electron chi connectivity index (χ0n) is 15.7. The highest BCUT2D eigenvalue weighted by molar-refractivity contribution is 7.99. The third-order valence-electron chi connectivity index (χ3n) is 4.15. The molecule has 0 spiro atoms. The fourth-order valence-corrected chi connectivity index (χ4v) is 3.56. The molecule has 0 aliphatic rings. The quantitative estimate of drug-likeness (QED) is 0.395. The topological polar surface area (TPSA) is 93.3 Å². The van der Waals surface area contributed by atoms with Gasteiger partial charge in [-0.15, -0.1) is 0 Å². The number of hydrogen-bond donors (Lipinski definition) is 2. The summed E-state index contributed by atoms with van der Waals surface area (Å²) in [5, 5.41) is 3.57. The van der Waals surface area contributed by atoms with E-state index in [1.54, 1.807) is 31.8 Å². The number of benzene rings is 1. The van der Waals surface area contributed by atoms with Crippen LogP contribution in [0.2, 0.25) is 0 Å². The molecule has 3 aromatic heterocycles. The van der Waals surface area contributed by atoms with Crippen molar-refractivity contribution >= 4 is 23.4 Å². The average molecular weight is 409 g/mol. The van der Waals surface area contributed by atoms with Crippen molar-refractivity contribution in [2.45, 2.75) is 11.6 Å². The van der Waals surface area contributed by atoms with Gasteiger partial charge in [0.25, 0.3) is 0 Å². The Morgan fingerprint density at radius 1 is 1.10 bits per heavy atom. The molecule has 0 aliphatic carbocycles. The monoisotopic (exact) mass is 409 g/mol. The summed E-state index contributed by atoms with van der Waals surface area (Å²) in [5.74, 6) is 2.58. The van der Waals surface area contributed by atoms with Gasteiger partial charge in [-0.3, -0.25) is 4.79 Å². The Morgan fingerprint density at radius 3 is 2.48 bits per heavy atom. The Labute approximate surface area is 171 Å². The lowest BCUT2D eigenvalue weighted by Gasteiger charge is -2.05. The van der Waals surface area contributed by atoms with E-state index in [1.807, 2.05) is 36.4 Å². The van der Waals surface area contributed by atoms with Gasteiger partial charge in [-0.25, -0.2) is 4.98 Å². The number of imidazole rings is 1. The minimum absolute atomic E-state index is 0.0632. The van der Waals surface area contributed by atoms with Gasteiger partial charge in [0, 0.05) is 17.9 Å². The first-order valence-corrected chi connectivity index (χ1v) is 9.96. The van der Waals surface area contributed by atoms with E-state index in [1.165, 1.54) is 11.8 Å². The van der Waals surface area contributed by atoms with Gasteiger partial charge in [-0.2, -0.15) is 0 Å². The molecule has 0 atom stereocenters. The minimum Gasteiger partial charge on any atom is -0.497 e. The highest BCUT2D eigenvalue weighted by atomic mass is 32.2. The number of methoxy groups -OCH3 is 1. The number of furan rings is 2. The molecule has 0 bridgehead atoms. The number of thioether (sulfide) groups is 1. The number of aromatic amines is 1. The molecule has 0 saturated heterocycles. The number of aromatic nitrogens is 2. The van der Waals surface area contributed by atoms with Gasteiger partial charge >= 0.3 is 0 Å². The molecule has 29 heavy (non-hydrogen) atoms. The number of nitrogens with zero attached hydrogens (tertiary/aromatic N) is 1. The van der Waals surface area contributed by atoms with Crippen LogP contribution in [0.25, 0.3) is 22.9 Å². The van der Waals surface area contributed by atoms with E-state index in [0.29, 0.717) is 34.5 Å². The van der Waals surface area contributed by atoms with Crippen molar-refractivity contribution in [3.05, 3.63) is 61.1 Å². The second-order valence-corrected chi connectivity index (χ2v) is 7.18. The maximum atomic E-state index is 12.2. The highest BCUT2D eigenvalue weighted by Crippen LogP contribution is 2.33. The van der Waals surface area contributed by atoms with Crippen LogP contribution in [0.3, 0.4) is 0 Å². The molecule has 3 heterocycles. The van der Waals surface area contributed by atoms with E-state index in [9.17, 15) is 4.79 Å². The Hall–Kier alpha value is -3.39. The third-order valence-corrected chi connectivity index (χ3v) is 5.02. The maximum Gasteiger partial charge on any atom is 0.225 e. The van der Waals surface area contributed by atoms with Crippen molar-refractivity contribution in [3.63, 3.8) is 0 Å². The highest BCUT2D eigenvalue weighted by Gasteiger charge is 2.18. The molecule has 4 aromatic rings. The molecule has 148 valence electrons. The van der Waals surface area contributed by atoms with Gasteiger partial charge in [0.2, 0.25) is 5.91 Å². The number of ether oxygens (including phenoxy) is 1. The van der Waals surface area contributed by atoms with Gasteiger partial charge in [-0.1, -0.05) is 11.8 Å². The zero-order chi connectivity index (χ0) is 20.1. The summed E-state index contributed by atoms with van der Waals surface area (Å²) in [5.41, 5.74) is 2.16. The van der Waals surface area contributed by atoms with Gasteiger partial charge in [0.15, 0.2) is 16.7 Å². The number of amides is 1. The zero-order valence-corrected chi connectivity index (χ0v) is 16.5. The smallest absolute Gasteiger partial charge is 0.225 e. The lowest BCUT2D eigenvalue weighted by Crippen LogP contribution is -2.12. The standard InChI is InChI=1S/C21H19N3O4S/c1-26-15-8-6-14(7-9-15)22-18(25)10-13-29-21-23-19(16-4-2-11-27-16)20(24-21)17-5-3-12-28-17/h2-9,11-12H,10,13H2,1H3,(H,22,25)(H,23,24). The summed E-state index contributed by atoms with van der Waals surface area (Å²) in [7, 11) is 1.61. The molecular weight excluding hydrogens is 390 g/mol. The Kier molecular flexibility index (Phi) is 5.71. The Bertz CT molecular complexity index is 1000. The minimum atomic E-state index is -0.0632. The Morgan fingerprint density at radius 2 is 1.83 bits per heavy atom. The van der Waals surface area contributed by atoms with Crippen LogP contribution >= 0.6 is 11.8 Å². The molecule has 1 amide bonds. The van der Waals surface area contributed by atoms with Crippen LogP contribution in [-0.2, 0) is 4.79 Å². The molecule has 0 unspecified atom stereocenters. The number of carbonyl (C=O) groups excluding carboxylic acids is 1. The number of carbonyl (C=O) groups is 1. The van der Waals surface area contributed by atoms with Gasteiger partial charge in [0.05, 0.1) is 19.6 Å². The second kappa shape index (κ2) is 8.74. The number of nitrogens with one attached hydrogen (secondary N) is 2. The number of rotatable bonds is 8. The number of H-pyrrole nitrogens is 1. The summed E-state index contributed by atoms with van der Waals surface area (Å²) in [6.07, 6.45) is 3.56. The second-order valence-electron chi connectivity index (χ2n) is 6.10. The summed E-state index contributed by atoms with van der Waals surface area (Å²) in [6, 6.07) is 14.6. The first-order valence-electron chi connectivity index (χ1n) is 8.97. The third kappa shape index (κ3) is 4.55. The SMILES string of the molecule is COc1ccc(NC(=O)CCSc2nc(-c3ccco3)c(-c3ccco3)[nH]2)cc1. The fourth-order valence-electron chi connectivity index (χ4n) is 2.75. The van der Waals surface area contributed by atoms with Gasteiger partial charge in [0.1, 0.15) is 17.1 Å². The summed E-state index contributed by atoms with van der Waals surface area (Å²) >= 11 is 1.46. The summed E-state index contributed by atoms with van der Waals surface area (Å²) < 4.78 is 16.1. The fraction of sp³-hybridized carbons (Fsp3) is 0.143. The van der Waals surface area contributed by atoms with E-state index < -0.39 is 0 Å². The normalized spacial score (nSPS) is 10.8. The van der Waals surface area contributed by atoms with Crippen molar-refractivity contribution < 1.29 is 18.4 Å². The molecular formula is C21H19N3O4S. The van der Waals surface area contributed by atoms with Crippen LogP contribution in [0, 0.1) is 0 Å². The van der Waals surface area contributed by atoms with Gasteiger partial charge in [-0.05, 0) is 48.5 Å². The number of anilines is 1. The number of hydrogen-bond acceptors (Lipinski definition) is 6. The Balaban J connectivity index is 1.38. The molecule has 0 radical (unpaired) electrons. The van der Waals surface area contributed by atoms with Crippen molar-refractivity contribution in [1.82, 2.24) is 9.97 Å².